The highest BCUT2D eigenvalue weighted by Crippen LogP contribution is 2.33. The molecule has 0 radical (unpaired) electrons. The third-order valence-electron chi connectivity index (χ3n) is 3.86. The molecule has 0 unspecified atom stereocenters. The average molecular weight is 313 g/mol. The fraction of sp³-hybridized carbons (Fsp3) is 0.667. The molecule has 1 aromatic rings. The van der Waals surface area contributed by atoms with Crippen LogP contribution in [0, 0.1) is 0 Å². The molecule has 0 aromatic carbocycles. The number of imidazole rings is 1. The van der Waals surface area contributed by atoms with Gasteiger partial charge in [-0.1, -0.05) is 0 Å². The van der Waals surface area contributed by atoms with Gasteiger partial charge < -0.3 is 35.6 Å². The van der Waals surface area contributed by atoms with Crippen LogP contribution in [0.2, 0.25) is 0 Å². The third-order valence-corrected chi connectivity index (χ3v) is 3.86. The molecule has 4 atom stereocenters. The van der Waals surface area contributed by atoms with E-state index in [-0.39, 0.29) is 18.3 Å². The van der Waals surface area contributed by atoms with Crippen LogP contribution < -0.4 is 10.6 Å². The van der Waals surface area contributed by atoms with Crippen molar-refractivity contribution in [1.29, 1.82) is 0 Å². The van der Waals surface area contributed by atoms with Gasteiger partial charge in [0.25, 0.3) is 5.91 Å². The van der Waals surface area contributed by atoms with Crippen LogP contribution in [0.4, 0.5) is 5.82 Å². The zero-order valence-electron chi connectivity index (χ0n) is 12.0. The first-order valence-corrected chi connectivity index (χ1v) is 6.95. The second-order valence-electron chi connectivity index (χ2n) is 5.27. The first-order chi connectivity index (χ1) is 10.6. The normalized spacial score (nSPS) is 31.3. The molecule has 2 aliphatic heterocycles. The molecule has 2 aliphatic rings. The Morgan fingerprint density at radius 3 is 2.91 bits per heavy atom. The fourth-order valence-corrected chi connectivity index (χ4v) is 2.71. The molecule has 5 N–H and O–H groups in total. The van der Waals surface area contributed by atoms with Crippen LogP contribution in [0.15, 0.2) is 6.33 Å². The minimum atomic E-state index is -1.22. The smallest absolute Gasteiger partial charge is 0.278 e. The Hall–Kier alpha value is -1.72. The topological polar surface area (TPSA) is 132 Å². The first-order valence-electron chi connectivity index (χ1n) is 6.95. The predicted octanol–water partition coefficient (Wildman–Crippen LogP) is -2.50. The van der Waals surface area contributed by atoms with Gasteiger partial charge in [-0.3, -0.25) is 9.36 Å². The molecule has 0 aliphatic carbocycles. The van der Waals surface area contributed by atoms with E-state index >= 15 is 0 Å². The Morgan fingerprint density at radius 1 is 1.50 bits per heavy atom. The summed E-state index contributed by atoms with van der Waals surface area (Å²) < 4.78 is 6.92. The number of amides is 1. The SMILES string of the molecule is CNCN1CNc2c(ncn2[C@@H]2O[C@H](CO)[C@@H](O)[C@H]2O)C1=O. The van der Waals surface area contributed by atoms with Gasteiger partial charge in [-0.05, 0) is 7.05 Å². The van der Waals surface area contributed by atoms with Crippen molar-refractivity contribution in [3.8, 4) is 0 Å². The summed E-state index contributed by atoms with van der Waals surface area (Å²) >= 11 is 0. The Labute approximate surface area is 126 Å². The van der Waals surface area contributed by atoms with Crippen molar-refractivity contribution < 1.29 is 24.9 Å². The number of hydrogen-bond donors (Lipinski definition) is 5. The number of carbonyl (C=O) groups is 1. The zero-order chi connectivity index (χ0) is 15.9. The van der Waals surface area contributed by atoms with Crippen LogP contribution in [-0.2, 0) is 4.74 Å². The molecule has 1 fully saturated rings. The lowest BCUT2D eigenvalue weighted by molar-refractivity contribution is -0.0519. The molecule has 10 heteroatoms. The molecule has 0 saturated carbocycles. The quantitative estimate of drug-likeness (QED) is 0.412. The predicted molar refractivity (Wildman–Crippen MR) is 73.8 cm³/mol. The third kappa shape index (κ3) is 2.25. The maximum atomic E-state index is 12.3. The van der Waals surface area contributed by atoms with E-state index in [4.69, 9.17) is 9.84 Å². The Kier molecular flexibility index (Phi) is 4.02. The number of hydrogen-bond acceptors (Lipinski definition) is 8. The summed E-state index contributed by atoms with van der Waals surface area (Å²) in [4.78, 5) is 17.9. The van der Waals surface area contributed by atoms with E-state index in [2.05, 4.69) is 15.6 Å². The van der Waals surface area contributed by atoms with E-state index in [0.717, 1.165) is 0 Å². The summed E-state index contributed by atoms with van der Waals surface area (Å²) in [5, 5.41) is 35.0. The van der Waals surface area contributed by atoms with E-state index in [1.165, 1.54) is 15.8 Å². The van der Waals surface area contributed by atoms with Gasteiger partial charge in [-0.15, -0.1) is 0 Å². The number of aromatic nitrogens is 2. The van der Waals surface area contributed by atoms with E-state index in [9.17, 15) is 15.0 Å². The molecule has 1 amide bonds. The van der Waals surface area contributed by atoms with Crippen molar-refractivity contribution in [3.63, 3.8) is 0 Å². The monoisotopic (exact) mass is 313 g/mol. The number of carbonyl (C=O) groups excluding carboxylic acids is 1. The number of nitrogens with one attached hydrogen (secondary N) is 2. The molecular weight excluding hydrogens is 294 g/mol. The zero-order valence-corrected chi connectivity index (χ0v) is 12.0. The summed E-state index contributed by atoms with van der Waals surface area (Å²) in [5.74, 6) is 0.181. The Bertz CT molecular complexity index is 564. The largest absolute Gasteiger partial charge is 0.394 e. The number of ether oxygens (including phenoxy) is 1. The number of aliphatic hydroxyl groups excluding tert-OH is 3. The number of fused-ring (bicyclic) bond motifs is 1. The molecule has 1 aromatic heterocycles. The maximum Gasteiger partial charge on any atom is 0.278 e. The van der Waals surface area contributed by atoms with Gasteiger partial charge in [-0.2, -0.15) is 0 Å². The summed E-state index contributed by atoms with van der Waals surface area (Å²) in [6.45, 7) is 0.257. The van der Waals surface area contributed by atoms with Crippen LogP contribution in [0.25, 0.3) is 0 Å². The van der Waals surface area contributed by atoms with Crippen LogP contribution >= 0.6 is 0 Å². The maximum absolute atomic E-state index is 12.3. The average Bonchev–Trinajstić information content (AvgIpc) is 3.05. The van der Waals surface area contributed by atoms with Crippen LogP contribution in [0.1, 0.15) is 16.7 Å². The summed E-state index contributed by atoms with van der Waals surface area (Å²) in [7, 11) is 1.74. The van der Waals surface area contributed by atoms with E-state index < -0.39 is 31.1 Å². The highest BCUT2D eigenvalue weighted by atomic mass is 16.6. The molecule has 0 bridgehead atoms. The standard InChI is InChI=1S/C12H19N5O5/c1-13-3-16-4-15-10-7(11(16)21)14-5-17(10)12-9(20)8(19)6(2-18)22-12/h5-6,8-9,12-13,15,18-20H,2-4H2,1H3/t6-,8-,9-,12-/m1/s1. The van der Waals surface area contributed by atoms with Crippen LogP contribution in [0.5, 0.6) is 0 Å². The van der Waals surface area contributed by atoms with Crippen LogP contribution in [0.3, 0.4) is 0 Å². The number of nitrogens with zero attached hydrogens (tertiary/aromatic N) is 3. The summed E-state index contributed by atoms with van der Waals surface area (Å²) in [5.41, 5.74) is 0.222. The lowest BCUT2D eigenvalue weighted by Gasteiger charge is -2.29. The number of rotatable bonds is 4. The first kappa shape index (κ1) is 15.2. The molecule has 10 nitrogen and oxygen atoms in total. The minimum absolute atomic E-state index is 0.222. The molecule has 0 spiro atoms. The highest BCUT2D eigenvalue weighted by molar-refractivity contribution is 5.98. The second kappa shape index (κ2) is 5.82. The van der Waals surface area contributed by atoms with Crippen molar-refractivity contribution >= 4 is 11.7 Å². The van der Waals surface area contributed by atoms with Gasteiger partial charge in [0, 0.05) is 0 Å². The van der Waals surface area contributed by atoms with Gasteiger partial charge in [0.05, 0.1) is 26.3 Å². The lowest BCUT2D eigenvalue weighted by atomic mass is 10.1. The number of anilines is 1. The van der Waals surface area contributed by atoms with Crippen molar-refractivity contribution in [3.05, 3.63) is 12.0 Å². The Morgan fingerprint density at radius 2 is 2.27 bits per heavy atom. The van der Waals surface area contributed by atoms with E-state index in [1.54, 1.807) is 7.05 Å². The van der Waals surface area contributed by atoms with Crippen molar-refractivity contribution in [2.24, 2.45) is 0 Å². The minimum Gasteiger partial charge on any atom is -0.394 e. The van der Waals surface area contributed by atoms with E-state index in [1.807, 2.05) is 0 Å². The molecule has 3 rings (SSSR count). The van der Waals surface area contributed by atoms with E-state index in [0.29, 0.717) is 12.5 Å². The molecule has 122 valence electrons. The van der Waals surface area contributed by atoms with Gasteiger partial charge in [0.2, 0.25) is 0 Å². The highest BCUT2D eigenvalue weighted by Gasteiger charge is 2.45. The lowest BCUT2D eigenvalue weighted by Crippen LogP contribution is -2.44. The summed E-state index contributed by atoms with van der Waals surface area (Å²) in [6.07, 6.45) is -2.84. The second-order valence-corrected chi connectivity index (χ2v) is 5.27. The van der Waals surface area contributed by atoms with Gasteiger partial charge in [0.1, 0.15) is 24.1 Å². The molecule has 3 heterocycles. The van der Waals surface area contributed by atoms with Crippen LogP contribution in [-0.4, -0.2) is 81.0 Å². The van der Waals surface area contributed by atoms with Crippen molar-refractivity contribution in [2.75, 3.05) is 32.3 Å². The summed E-state index contributed by atoms with van der Waals surface area (Å²) in [6, 6.07) is 0. The van der Waals surface area contributed by atoms with Gasteiger partial charge in [-0.25, -0.2) is 4.98 Å². The van der Waals surface area contributed by atoms with Crippen molar-refractivity contribution in [2.45, 2.75) is 24.5 Å². The van der Waals surface area contributed by atoms with Gasteiger partial charge in [0.15, 0.2) is 11.9 Å². The number of aliphatic hydroxyl groups is 3. The Balaban J connectivity index is 1.87. The fourth-order valence-electron chi connectivity index (χ4n) is 2.71. The van der Waals surface area contributed by atoms with Crippen molar-refractivity contribution in [1.82, 2.24) is 19.8 Å². The van der Waals surface area contributed by atoms with Gasteiger partial charge >= 0.3 is 0 Å². The molecular formula is C12H19N5O5. The molecule has 22 heavy (non-hydrogen) atoms. The molecule has 1 saturated heterocycles.